The lowest BCUT2D eigenvalue weighted by molar-refractivity contribution is -0.133. The minimum atomic E-state index is -0.861. The van der Waals surface area contributed by atoms with Crippen molar-refractivity contribution in [2.24, 2.45) is 0 Å². The molecule has 0 radical (unpaired) electrons. The van der Waals surface area contributed by atoms with Gasteiger partial charge in [0, 0.05) is 9.90 Å². The number of benzene rings is 1. The number of aromatic nitrogens is 3. The third kappa shape index (κ3) is 3.39. The Kier molecular flexibility index (Phi) is 5.02. The summed E-state index contributed by atoms with van der Waals surface area (Å²) in [4.78, 5) is 12.2. The number of thiophene rings is 1. The van der Waals surface area contributed by atoms with Crippen molar-refractivity contribution in [2.45, 2.75) is 30.8 Å². The molecule has 2 heterocycles. The van der Waals surface area contributed by atoms with Crippen LogP contribution in [0.15, 0.2) is 35.7 Å². The van der Waals surface area contributed by atoms with Gasteiger partial charge in [-0.05, 0) is 54.5 Å². The van der Waals surface area contributed by atoms with Gasteiger partial charge >= 0.3 is 5.97 Å². The second-order valence-electron chi connectivity index (χ2n) is 6.07. The fourth-order valence-corrected chi connectivity index (χ4v) is 5.42. The number of halogens is 1. The Balaban J connectivity index is 1.79. The SMILES string of the molecule is O=C(O)CSc1nncn1-c1sc(-c2ccc(Cl)cc2)c2c1CCCC2. The Morgan fingerprint density at radius 2 is 1.96 bits per heavy atom. The molecule has 134 valence electrons. The molecule has 1 N–H and O–H groups in total. The van der Waals surface area contributed by atoms with Crippen LogP contribution in [0.2, 0.25) is 5.02 Å². The van der Waals surface area contributed by atoms with Gasteiger partial charge in [0.25, 0.3) is 0 Å². The van der Waals surface area contributed by atoms with Crippen LogP contribution in [0.4, 0.5) is 0 Å². The van der Waals surface area contributed by atoms with E-state index >= 15 is 0 Å². The highest BCUT2D eigenvalue weighted by Crippen LogP contribution is 2.43. The molecule has 2 aromatic heterocycles. The summed E-state index contributed by atoms with van der Waals surface area (Å²) in [6.07, 6.45) is 6.11. The molecule has 8 heteroatoms. The van der Waals surface area contributed by atoms with Gasteiger partial charge in [0.2, 0.25) is 0 Å². The first-order valence-electron chi connectivity index (χ1n) is 8.29. The Morgan fingerprint density at radius 3 is 2.69 bits per heavy atom. The molecule has 0 bridgehead atoms. The molecule has 1 aliphatic rings. The molecular weight excluding hydrogens is 390 g/mol. The second kappa shape index (κ2) is 7.42. The Bertz CT molecular complexity index is 950. The van der Waals surface area contributed by atoms with E-state index in [2.05, 4.69) is 22.3 Å². The number of thioether (sulfide) groups is 1. The highest BCUT2D eigenvalue weighted by Gasteiger charge is 2.24. The van der Waals surface area contributed by atoms with Crippen LogP contribution >= 0.6 is 34.7 Å². The second-order valence-corrected chi connectivity index (χ2v) is 8.45. The maximum atomic E-state index is 10.9. The topological polar surface area (TPSA) is 68.0 Å². The van der Waals surface area contributed by atoms with Gasteiger partial charge in [0.15, 0.2) is 5.16 Å². The van der Waals surface area contributed by atoms with E-state index in [9.17, 15) is 4.79 Å². The van der Waals surface area contributed by atoms with Crippen LogP contribution in [-0.2, 0) is 17.6 Å². The lowest BCUT2D eigenvalue weighted by atomic mass is 9.91. The van der Waals surface area contributed by atoms with E-state index in [0.29, 0.717) is 5.16 Å². The van der Waals surface area contributed by atoms with Gasteiger partial charge in [-0.2, -0.15) is 0 Å². The fraction of sp³-hybridized carbons (Fsp3) is 0.278. The number of aliphatic carboxylic acids is 1. The molecule has 3 aromatic rings. The summed E-state index contributed by atoms with van der Waals surface area (Å²) in [5.74, 6) is -0.893. The smallest absolute Gasteiger partial charge is 0.313 e. The van der Waals surface area contributed by atoms with Crippen LogP contribution < -0.4 is 0 Å². The zero-order chi connectivity index (χ0) is 18.1. The van der Waals surface area contributed by atoms with Gasteiger partial charge in [-0.25, -0.2) is 0 Å². The maximum absolute atomic E-state index is 10.9. The van der Waals surface area contributed by atoms with E-state index in [1.54, 1.807) is 17.7 Å². The van der Waals surface area contributed by atoms with Gasteiger partial charge in [-0.1, -0.05) is 35.5 Å². The Morgan fingerprint density at radius 1 is 1.23 bits per heavy atom. The minimum Gasteiger partial charge on any atom is -0.481 e. The minimum absolute atomic E-state index is 0.0314. The zero-order valence-corrected chi connectivity index (χ0v) is 16.2. The molecule has 26 heavy (non-hydrogen) atoms. The monoisotopic (exact) mass is 405 g/mol. The van der Waals surface area contributed by atoms with Crippen molar-refractivity contribution >= 4 is 40.7 Å². The van der Waals surface area contributed by atoms with Crippen molar-refractivity contribution in [3.63, 3.8) is 0 Å². The van der Waals surface area contributed by atoms with Crippen molar-refractivity contribution in [2.75, 3.05) is 5.75 Å². The van der Waals surface area contributed by atoms with Crippen molar-refractivity contribution in [1.29, 1.82) is 0 Å². The number of carboxylic acids is 1. The number of fused-ring (bicyclic) bond motifs is 1. The first-order chi connectivity index (χ1) is 12.6. The summed E-state index contributed by atoms with van der Waals surface area (Å²) in [5.41, 5.74) is 3.89. The molecule has 0 unspecified atom stereocenters. The molecule has 0 saturated heterocycles. The number of carbonyl (C=O) groups is 1. The highest BCUT2D eigenvalue weighted by molar-refractivity contribution is 7.99. The first kappa shape index (κ1) is 17.6. The number of nitrogens with zero attached hydrogens (tertiary/aromatic N) is 3. The van der Waals surface area contributed by atoms with Gasteiger partial charge in [0.05, 0.1) is 5.75 Å². The summed E-state index contributed by atoms with van der Waals surface area (Å²) in [6, 6.07) is 7.94. The van der Waals surface area contributed by atoms with Crippen LogP contribution in [0.1, 0.15) is 24.0 Å². The van der Waals surface area contributed by atoms with E-state index in [-0.39, 0.29) is 5.75 Å². The molecule has 0 atom stereocenters. The lowest BCUT2D eigenvalue weighted by Gasteiger charge is -2.15. The average molecular weight is 406 g/mol. The molecule has 1 aliphatic carbocycles. The van der Waals surface area contributed by atoms with Crippen molar-refractivity contribution in [3.8, 4) is 15.4 Å². The van der Waals surface area contributed by atoms with E-state index in [0.717, 1.165) is 34.8 Å². The largest absolute Gasteiger partial charge is 0.481 e. The summed E-state index contributed by atoms with van der Waals surface area (Å²) < 4.78 is 1.93. The van der Waals surface area contributed by atoms with E-state index in [1.165, 1.54) is 34.2 Å². The molecule has 0 spiro atoms. The Labute approximate surface area is 164 Å². The summed E-state index contributed by atoms with van der Waals surface area (Å²) in [7, 11) is 0. The number of hydrogen-bond donors (Lipinski definition) is 1. The molecule has 0 amide bonds. The zero-order valence-electron chi connectivity index (χ0n) is 13.8. The molecule has 1 aromatic carbocycles. The number of rotatable bonds is 5. The van der Waals surface area contributed by atoms with Crippen LogP contribution in [0, 0.1) is 0 Å². The van der Waals surface area contributed by atoms with Crippen molar-refractivity contribution in [1.82, 2.24) is 14.8 Å². The predicted octanol–water partition coefficient (Wildman–Crippen LogP) is 4.70. The fourth-order valence-electron chi connectivity index (χ4n) is 3.23. The highest BCUT2D eigenvalue weighted by atomic mass is 35.5. The predicted molar refractivity (Wildman–Crippen MR) is 105 cm³/mol. The van der Waals surface area contributed by atoms with Crippen LogP contribution in [-0.4, -0.2) is 31.6 Å². The molecule has 0 aliphatic heterocycles. The lowest BCUT2D eigenvalue weighted by Crippen LogP contribution is -2.05. The van der Waals surface area contributed by atoms with Gasteiger partial charge in [-0.3, -0.25) is 9.36 Å². The number of carboxylic acid groups (broad SMARTS) is 1. The molecule has 0 fully saturated rings. The van der Waals surface area contributed by atoms with Crippen molar-refractivity contribution in [3.05, 3.63) is 46.7 Å². The Hall–Kier alpha value is -1.83. The van der Waals surface area contributed by atoms with E-state index in [4.69, 9.17) is 16.7 Å². The molecule has 4 rings (SSSR count). The summed E-state index contributed by atoms with van der Waals surface area (Å²) in [5, 5.41) is 19.5. The average Bonchev–Trinajstić information content (AvgIpc) is 3.25. The van der Waals surface area contributed by atoms with Gasteiger partial charge < -0.3 is 5.11 Å². The van der Waals surface area contributed by atoms with Gasteiger partial charge in [0.1, 0.15) is 11.3 Å². The summed E-state index contributed by atoms with van der Waals surface area (Å²) in [6.45, 7) is 0. The molecular formula is C18H16ClN3O2S2. The third-order valence-corrected chi connectivity index (χ3v) is 6.87. The van der Waals surface area contributed by atoms with Gasteiger partial charge in [-0.15, -0.1) is 21.5 Å². The maximum Gasteiger partial charge on any atom is 0.313 e. The first-order valence-corrected chi connectivity index (χ1v) is 10.5. The van der Waals surface area contributed by atoms with E-state index < -0.39 is 5.97 Å². The van der Waals surface area contributed by atoms with Crippen molar-refractivity contribution < 1.29 is 9.90 Å². The van der Waals surface area contributed by atoms with Crippen LogP contribution in [0.5, 0.6) is 0 Å². The normalized spacial score (nSPS) is 13.6. The molecule has 0 saturated carbocycles. The third-order valence-electron chi connectivity index (χ3n) is 4.37. The molecule has 5 nitrogen and oxygen atoms in total. The van der Waals surface area contributed by atoms with Crippen LogP contribution in [0.3, 0.4) is 0 Å². The summed E-state index contributed by atoms with van der Waals surface area (Å²) >= 11 is 8.95. The standard InChI is InChI=1S/C18H16ClN3O2S2/c19-12-7-5-11(6-8-12)16-13-3-1-2-4-14(13)17(26-16)22-10-20-21-18(22)25-9-15(23)24/h5-8,10H,1-4,9H2,(H,23,24). The number of hydrogen-bond acceptors (Lipinski definition) is 5. The quantitative estimate of drug-likeness (QED) is 0.623. The van der Waals surface area contributed by atoms with E-state index in [1.807, 2.05) is 16.7 Å². The van der Waals surface area contributed by atoms with Crippen LogP contribution in [0.25, 0.3) is 15.4 Å².